The van der Waals surface area contributed by atoms with Crippen molar-refractivity contribution in [3.05, 3.63) is 0 Å². The van der Waals surface area contributed by atoms with Crippen LogP contribution in [0.5, 0.6) is 0 Å². The number of aliphatic imine (C=N–C) groups is 1. The van der Waals surface area contributed by atoms with E-state index in [9.17, 15) is 8.42 Å². The van der Waals surface area contributed by atoms with Gasteiger partial charge in [-0.15, -0.1) is 0 Å². The van der Waals surface area contributed by atoms with Gasteiger partial charge in [-0.25, -0.2) is 18.1 Å². The lowest BCUT2D eigenvalue weighted by Gasteiger charge is -2.26. The van der Waals surface area contributed by atoms with Gasteiger partial charge >= 0.3 is 0 Å². The Hall–Kier alpha value is -0.290. The second-order valence-corrected chi connectivity index (χ2v) is 7.00. The second kappa shape index (κ2) is 6.59. The van der Waals surface area contributed by atoms with Crippen LogP contribution in [-0.2, 0) is 10.0 Å². The molecule has 0 atom stereocenters. The number of isothiocyanates is 1. The van der Waals surface area contributed by atoms with Crippen molar-refractivity contribution in [1.82, 2.24) is 4.72 Å². The number of nitrogens with zero attached hydrogens (tertiary/aromatic N) is 1. The van der Waals surface area contributed by atoms with Crippen LogP contribution in [0.25, 0.3) is 0 Å². The van der Waals surface area contributed by atoms with Crippen molar-refractivity contribution < 1.29 is 8.42 Å². The third-order valence-corrected chi connectivity index (χ3v) is 4.73. The fraction of sp³-hybridized carbons (Fsp3) is 0.909. The van der Waals surface area contributed by atoms with Gasteiger partial charge in [0.05, 0.1) is 17.0 Å². The normalized spacial score (nSPS) is 25.6. The molecule has 0 unspecified atom stereocenters. The van der Waals surface area contributed by atoms with Gasteiger partial charge in [-0.2, -0.15) is 0 Å². The molecule has 4 nitrogen and oxygen atoms in total. The molecule has 0 spiro atoms. The Morgan fingerprint density at radius 1 is 1.35 bits per heavy atom. The second-order valence-electron chi connectivity index (χ2n) is 5.02. The van der Waals surface area contributed by atoms with Crippen LogP contribution < -0.4 is 4.72 Å². The molecule has 0 aromatic rings. The molecule has 0 radical (unpaired) electrons. The molecule has 1 aliphatic rings. The van der Waals surface area contributed by atoms with Crippen LogP contribution in [0.3, 0.4) is 0 Å². The molecule has 0 saturated heterocycles. The zero-order valence-corrected chi connectivity index (χ0v) is 12.0. The van der Waals surface area contributed by atoms with Crippen molar-refractivity contribution in [2.24, 2.45) is 10.9 Å². The minimum Gasteiger partial charge on any atom is -0.229 e. The molecule has 1 N–H and O–H groups in total. The fourth-order valence-electron chi connectivity index (χ4n) is 2.14. The largest absolute Gasteiger partial charge is 0.229 e. The van der Waals surface area contributed by atoms with E-state index in [-0.39, 0.29) is 23.8 Å². The van der Waals surface area contributed by atoms with E-state index in [1.807, 2.05) is 13.8 Å². The zero-order valence-electron chi connectivity index (χ0n) is 10.3. The summed E-state index contributed by atoms with van der Waals surface area (Å²) < 4.78 is 26.3. The first-order chi connectivity index (χ1) is 7.93. The molecule has 98 valence electrons. The Kier molecular flexibility index (Phi) is 5.73. The Morgan fingerprint density at radius 2 is 1.94 bits per heavy atom. The third-order valence-electron chi connectivity index (χ3n) is 2.83. The summed E-state index contributed by atoms with van der Waals surface area (Å²) in [6.07, 6.45) is 3.45. The number of nitrogens with one attached hydrogen (secondary N) is 1. The standard InChI is InChI=1S/C11H20N2O2S2/c1-9(2)7-17(14,15)13-11-5-3-10(4-6-11)12-8-16/h9-11,13H,3-7H2,1-2H3/t10-,11-. The molecular weight excluding hydrogens is 256 g/mol. The van der Waals surface area contributed by atoms with Gasteiger partial charge in [0.25, 0.3) is 0 Å². The Balaban J connectivity index is 2.42. The molecule has 1 fully saturated rings. The van der Waals surface area contributed by atoms with Crippen molar-refractivity contribution in [1.29, 1.82) is 0 Å². The first-order valence-electron chi connectivity index (χ1n) is 6.00. The molecule has 0 aromatic heterocycles. The molecule has 0 aromatic carbocycles. The molecule has 0 heterocycles. The van der Waals surface area contributed by atoms with E-state index >= 15 is 0 Å². The van der Waals surface area contributed by atoms with Crippen molar-refractivity contribution in [3.63, 3.8) is 0 Å². The first kappa shape index (κ1) is 14.8. The summed E-state index contributed by atoms with van der Waals surface area (Å²) in [7, 11) is -3.13. The number of rotatable bonds is 5. The Bertz CT molecular complexity index is 378. The number of sulfonamides is 1. The highest BCUT2D eigenvalue weighted by molar-refractivity contribution is 7.89. The Morgan fingerprint density at radius 3 is 2.41 bits per heavy atom. The van der Waals surface area contributed by atoms with E-state index in [2.05, 4.69) is 27.1 Å². The van der Waals surface area contributed by atoms with E-state index in [1.165, 1.54) is 0 Å². The maximum Gasteiger partial charge on any atom is 0.212 e. The summed E-state index contributed by atoms with van der Waals surface area (Å²) in [5.74, 6) is 0.355. The van der Waals surface area contributed by atoms with E-state index in [4.69, 9.17) is 0 Å². The maximum absolute atomic E-state index is 11.8. The maximum atomic E-state index is 11.8. The lowest BCUT2D eigenvalue weighted by atomic mass is 9.92. The SMILES string of the molecule is CC(C)CS(=O)(=O)N[C@H]1CC[C@H](N=C=S)CC1. The smallest absolute Gasteiger partial charge is 0.212 e. The van der Waals surface area contributed by atoms with Crippen molar-refractivity contribution >= 4 is 27.4 Å². The highest BCUT2D eigenvalue weighted by atomic mass is 32.2. The fourth-order valence-corrected chi connectivity index (χ4v) is 4.00. The van der Waals surface area contributed by atoms with E-state index in [0.29, 0.717) is 0 Å². The number of thiocarbonyl (C=S) groups is 1. The summed E-state index contributed by atoms with van der Waals surface area (Å²) in [6.45, 7) is 3.81. The van der Waals surface area contributed by atoms with Gasteiger partial charge < -0.3 is 0 Å². The van der Waals surface area contributed by atoms with Gasteiger partial charge in [-0.1, -0.05) is 13.8 Å². The molecule has 6 heteroatoms. The van der Waals surface area contributed by atoms with Crippen LogP contribution in [0.2, 0.25) is 0 Å². The molecule has 17 heavy (non-hydrogen) atoms. The lowest BCUT2D eigenvalue weighted by Crippen LogP contribution is -2.40. The summed E-state index contributed by atoms with van der Waals surface area (Å²) in [5.41, 5.74) is 0. The van der Waals surface area contributed by atoms with E-state index < -0.39 is 10.0 Å². The number of hydrogen-bond acceptors (Lipinski definition) is 4. The molecular formula is C11H20N2O2S2. The highest BCUT2D eigenvalue weighted by Crippen LogP contribution is 2.21. The topological polar surface area (TPSA) is 58.5 Å². The van der Waals surface area contributed by atoms with Gasteiger partial charge in [0.15, 0.2) is 0 Å². The molecule has 0 aliphatic heterocycles. The minimum absolute atomic E-state index is 0.0651. The summed E-state index contributed by atoms with van der Waals surface area (Å²) in [5, 5.41) is 2.40. The molecule has 1 aliphatic carbocycles. The summed E-state index contributed by atoms with van der Waals surface area (Å²) in [6, 6.07) is 0.300. The third kappa shape index (κ3) is 5.73. The zero-order chi connectivity index (χ0) is 12.9. The highest BCUT2D eigenvalue weighted by Gasteiger charge is 2.24. The van der Waals surface area contributed by atoms with Gasteiger partial charge in [-0.3, -0.25) is 0 Å². The summed E-state index contributed by atoms with van der Waals surface area (Å²) in [4.78, 5) is 4.05. The average molecular weight is 276 g/mol. The molecule has 1 saturated carbocycles. The van der Waals surface area contributed by atoms with Gasteiger partial charge in [-0.05, 0) is 43.8 Å². The molecule has 0 amide bonds. The summed E-state index contributed by atoms with van der Waals surface area (Å²) >= 11 is 4.57. The predicted octanol–water partition coefficient (Wildman–Crippen LogP) is 1.98. The molecule has 1 rings (SSSR count). The van der Waals surface area contributed by atoms with E-state index in [0.717, 1.165) is 25.7 Å². The van der Waals surface area contributed by atoms with E-state index in [1.54, 1.807) is 0 Å². The quantitative estimate of drug-likeness (QED) is 0.617. The lowest BCUT2D eigenvalue weighted by molar-refractivity contribution is 0.375. The van der Waals surface area contributed by atoms with Crippen LogP contribution in [0.15, 0.2) is 4.99 Å². The van der Waals surface area contributed by atoms with Crippen molar-refractivity contribution in [2.45, 2.75) is 51.6 Å². The predicted molar refractivity (Wildman–Crippen MR) is 72.8 cm³/mol. The van der Waals surface area contributed by atoms with Gasteiger partial charge in [0.2, 0.25) is 10.0 Å². The van der Waals surface area contributed by atoms with Crippen LogP contribution in [0, 0.1) is 5.92 Å². The van der Waals surface area contributed by atoms with Crippen LogP contribution >= 0.6 is 12.2 Å². The Labute approximate surface area is 109 Å². The first-order valence-corrected chi connectivity index (χ1v) is 8.06. The molecule has 0 bridgehead atoms. The van der Waals surface area contributed by atoms with Crippen molar-refractivity contribution in [3.8, 4) is 0 Å². The van der Waals surface area contributed by atoms with Gasteiger partial charge in [0.1, 0.15) is 0 Å². The van der Waals surface area contributed by atoms with Crippen LogP contribution in [0.1, 0.15) is 39.5 Å². The van der Waals surface area contributed by atoms with Crippen LogP contribution in [0.4, 0.5) is 0 Å². The average Bonchev–Trinajstić information content (AvgIpc) is 2.18. The van der Waals surface area contributed by atoms with Gasteiger partial charge in [0, 0.05) is 6.04 Å². The minimum atomic E-state index is -3.13. The van der Waals surface area contributed by atoms with Crippen LogP contribution in [-0.4, -0.2) is 31.4 Å². The number of hydrogen-bond donors (Lipinski definition) is 1. The van der Waals surface area contributed by atoms with Crippen molar-refractivity contribution in [2.75, 3.05) is 5.75 Å². The monoisotopic (exact) mass is 276 g/mol.